The van der Waals surface area contributed by atoms with Crippen molar-refractivity contribution < 1.29 is 4.48 Å². The van der Waals surface area contributed by atoms with Crippen molar-refractivity contribution in [2.75, 3.05) is 26.5 Å². The average Bonchev–Trinajstić information content (AvgIpc) is 2.60. The molecular weight excluding hydrogens is 314 g/mol. The summed E-state index contributed by atoms with van der Waals surface area (Å²) in [5.41, 5.74) is 0. The van der Waals surface area contributed by atoms with Crippen LogP contribution >= 0.6 is 11.6 Å². The van der Waals surface area contributed by atoms with Gasteiger partial charge in [0.1, 0.15) is 0 Å². The molecule has 0 saturated heterocycles. The fourth-order valence-electron chi connectivity index (χ4n) is 4.34. The second kappa shape index (κ2) is 14.4. The minimum atomic E-state index is 0.844. The number of hydrogen-bond donors (Lipinski definition) is 0. The lowest BCUT2D eigenvalue weighted by atomic mass is 9.93. The second-order valence-electron chi connectivity index (χ2n) is 8.73. The third kappa shape index (κ3) is 11.0. The third-order valence-corrected chi connectivity index (χ3v) is 6.45. The summed E-state index contributed by atoms with van der Waals surface area (Å²) >= 11 is 5.70. The van der Waals surface area contributed by atoms with Crippen molar-refractivity contribution in [3.8, 4) is 0 Å². The van der Waals surface area contributed by atoms with E-state index in [4.69, 9.17) is 11.6 Å². The Labute approximate surface area is 158 Å². The quantitative estimate of drug-likeness (QED) is 0.163. The van der Waals surface area contributed by atoms with Crippen LogP contribution in [0.5, 0.6) is 0 Å². The summed E-state index contributed by atoms with van der Waals surface area (Å²) in [6.07, 6.45) is 24.3. The molecule has 0 N–H and O–H groups in total. The highest BCUT2D eigenvalue weighted by atomic mass is 35.5. The molecule has 2 heteroatoms. The topological polar surface area (TPSA) is 0 Å². The monoisotopic (exact) mass is 358 g/mol. The lowest BCUT2D eigenvalue weighted by molar-refractivity contribution is -0.916. The van der Waals surface area contributed by atoms with Crippen LogP contribution in [0.15, 0.2) is 0 Å². The molecule has 1 nitrogen and oxygen atoms in total. The first-order valence-electron chi connectivity index (χ1n) is 11.1. The summed E-state index contributed by atoms with van der Waals surface area (Å²) in [5.74, 6) is 0.844. The number of nitrogens with zero attached hydrogens (tertiary/aromatic N) is 1. The molecule has 0 radical (unpaired) electrons. The Morgan fingerprint density at radius 2 is 1.04 bits per heavy atom. The van der Waals surface area contributed by atoms with Crippen molar-refractivity contribution in [2.45, 2.75) is 115 Å². The van der Waals surface area contributed by atoms with Crippen molar-refractivity contribution in [3.05, 3.63) is 0 Å². The Hall–Kier alpha value is 0.250. The van der Waals surface area contributed by atoms with E-state index in [2.05, 4.69) is 14.1 Å². The maximum atomic E-state index is 5.70. The zero-order valence-corrected chi connectivity index (χ0v) is 17.6. The van der Waals surface area contributed by atoms with Crippen LogP contribution in [0, 0.1) is 0 Å². The smallest absolute Gasteiger partial charge is 0.0886 e. The van der Waals surface area contributed by atoms with Crippen LogP contribution in [0.25, 0.3) is 0 Å². The van der Waals surface area contributed by atoms with Gasteiger partial charge >= 0.3 is 0 Å². The maximum absolute atomic E-state index is 5.70. The van der Waals surface area contributed by atoms with E-state index in [1.54, 1.807) is 0 Å². The fraction of sp³-hybridized carbons (Fsp3) is 1.00. The first-order valence-corrected chi connectivity index (χ1v) is 11.6. The Morgan fingerprint density at radius 1 is 0.625 bits per heavy atom. The lowest BCUT2D eigenvalue weighted by Crippen LogP contribution is -2.50. The van der Waals surface area contributed by atoms with Gasteiger partial charge in [-0.2, -0.15) is 0 Å². The Balaban J connectivity index is 1.84. The van der Waals surface area contributed by atoms with Crippen LogP contribution in [-0.2, 0) is 0 Å². The first-order chi connectivity index (χ1) is 11.7. The summed E-state index contributed by atoms with van der Waals surface area (Å²) in [5, 5.41) is 0. The van der Waals surface area contributed by atoms with Gasteiger partial charge in [-0.25, -0.2) is 0 Å². The van der Waals surface area contributed by atoms with Crippen LogP contribution in [0.4, 0.5) is 0 Å². The predicted molar refractivity (Wildman–Crippen MR) is 110 cm³/mol. The van der Waals surface area contributed by atoms with E-state index >= 15 is 0 Å². The molecule has 0 bridgehead atoms. The molecular formula is C22H45ClN+. The molecule has 24 heavy (non-hydrogen) atoms. The van der Waals surface area contributed by atoms with Gasteiger partial charge in [0.05, 0.1) is 26.7 Å². The summed E-state index contributed by atoms with van der Waals surface area (Å²) in [4.78, 5) is 0. The molecule has 1 rings (SSSR count). The van der Waals surface area contributed by atoms with E-state index in [9.17, 15) is 0 Å². The number of rotatable bonds is 15. The van der Waals surface area contributed by atoms with Gasteiger partial charge < -0.3 is 4.48 Å². The molecule has 1 aliphatic carbocycles. The molecule has 144 valence electrons. The van der Waals surface area contributed by atoms with E-state index in [0.29, 0.717) is 0 Å². The van der Waals surface area contributed by atoms with Gasteiger partial charge in [-0.05, 0) is 44.9 Å². The zero-order valence-electron chi connectivity index (χ0n) is 16.8. The number of halogens is 1. The maximum Gasteiger partial charge on any atom is 0.0886 e. The molecule has 0 atom stereocenters. The van der Waals surface area contributed by atoms with Gasteiger partial charge in [0.2, 0.25) is 0 Å². The minimum absolute atomic E-state index is 0.844. The Kier molecular flexibility index (Phi) is 13.4. The molecule has 1 fully saturated rings. The van der Waals surface area contributed by atoms with Gasteiger partial charge in [-0.3, -0.25) is 0 Å². The van der Waals surface area contributed by atoms with Crippen LogP contribution in [-0.4, -0.2) is 37.0 Å². The zero-order chi connectivity index (χ0) is 17.5. The highest BCUT2D eigenvalue weighted by Crippen LogP contribution is 2.26. The van der Waals surface area contributed by atoms with E-state index in [-0.39, 0.29) is 0 Å². The predicted octanol–water partition coefficient (Wildman–Crippen LogP) is 7.32. The average molecular weight is 359 g/mol. The molecule has 0 spiro atoms. The van der Waals surface area contributed by atoms with E-state index in [1.165, 1.54) is 120 Å². The largest absolute Gasteiger partial charge is 0.326 e. The highest BCUT2D eigenvalue weighted by molar-refractivity contribution is 6.17. The number of alkyl halides is 1. The molecule has 1 aliphatic rings. The normalized spacial score (nSPS) is 16.6. The minimum Gasteiger partial charge on any atom is -0.326 e. The van der Waals surface area contributed by atoms with Gasteiger partial charge in [-0.1, -0.05) is 64.2 Å². The Bertz CT molecular complexity index is 271. The van der Waals surface area contributed by atoms with Crippen LogP contribution in [0.1, 0.15) is 109 Å². The molecule has 0 aliphatic heterocycles. The van der Waals surface area contributed by atoms with Gasteiger partial charge in [0.15, 0.2) is 0 Å². The Morgan fingerprint density at radius 3 is 1.50 bits per heavy atom. The number of quaternary nitrogens is 1. The molecule has 0 unspecified atom stereocenters. The number of hydrogen-bond acceptors (Lipinski definition) is 0. The fourth-order valence-corrected chi connectivity index (χ4v) is 4.53. The van der Waals surface area contributed by atoms with Crippen molar-refractivity contribution in [1.82, 2.24) is 0 Å². The first kappa shape index (κ1) is 22.3. The molecule has 1 saturated carbocycles. The summed E-state index contributed by atoms with van der Waals surface area (Å²) in [6, 6.07) is 0.947. The molecule has 0 aromatic heterocycles. The SMILES string of the molecule is C[N+](C)(CCCCCCCCCCCCCCCl)C1CCCCC1. The summed E-state index contributed by atoms with van der Waals surface area (Å²) in [6.45, 7) is 1.40. The van der Waals surface area contributed by atoms with E-state index in [1.807, 2.05) is 0 Å². The van der Waals surface area contributed by atoms with Crippen LogP contribution in [0.2, 0.25) is 0 Å². The molecule has 0 amide bonds. The van der Waals surface area contributed by atoms with Crippen LogP contribution < -0.4 is 0 Å². The molecule has 0 aromatic rings. The van der Waals surface area contributed by atoms with Crippen molar-refractivity contribution in [2.24, 2.45) is 0 Å². The van der Waals surface area contributed by atoms with E-state index < -0.39 is 0 Å². The van der Waals surface area contributed by atoms with E-state index in [0.717, 1.165) is 11.9 Å². The summed E-state index contributed by atoms with van der Waals surface area (Å²) in [7, 11) is 4.95. The van der Waals surface area contributed by atoms with Gasteiger partial charge in [0.25, 0.3) is 0 Å². The second-order valence-corrected chi connectivity index (χ2v) is 9.10. The lowest BCUT2D eigenvalue weighted by Gasteiger charge is -2.40. The van der Waals surface area contributed by atoms with Crippen molar-refractivity contribution in [3.63, 3.8) is 0 Å². The number of unbranched alkanes of at least 4 members (excludes halogenated alkanes) is 11. The highest BCUT2D eigenvalue weighted by Gasteiger charge is 2.28. The molecule has 0 aromatic carbocycles. The summed E-state index contributed by atoms with van der Waals surface area (Å²) < 4.78 is 1.28. The van der Waals surface area contributed by atoms with Crippen molar-refractivity contribution in [1.29, 1.82) is 0 Å². The van der Waals surface area contributed by atoms with Gasteiger partial charge in [0, 0.05) is 5.88 Å². The van der Waals surface area contributed by atoms with Gasteiger partial charge in [-0.15, -0.1) is 11.6 Å². The third-order valence-electron chi connectivity index (χ3n) is 6.18. The standard InChI is InChI=1S/C22H45ClN/c1-24(2,22-18-14-13-15-19-22)21-17-12-10-8-6-4-3-5-7-9-11-16-20-23/h22H,3-21H2,1-2H3/q+1. The molecule has 0 heterocycles. The van der Waals surface area contributed by atoms with Crippen molar-refractivity contribution >= 4 is 11.6 Å². The van der Waals surface area contributed by atoms with Crippen LogP contribution in [0.3, 0.4) is 0 Å².